The normalized spacial score (nSPS) is 12.4. The Bertz CT molecular complexity index is 992. The summed E-state index contributed by atoms with van der Waals surface area (Å²) in [6.45, 7) is 9.83. The van der Waals surface area contributed by atoms with Crippen molar-refractivity contribution in [2.75, 3.05) is 11.2 Å². The number of aromatic nitrogens is 5. The van der Waals surface area contributed by atoms with Crippen molar-refractivity contribution >= 4 is 23.4 Å². The molecule has 0 saturated heterocycles. The van der Waals surface area contributed by atoms with Gasteiger partial charge in [0.05, 0.1) is 10.9 Å². The minimum absolute atomic E-state index is 0.117. The molecule has 28 heavy (non-hydrogen) atoms. The molecule has 0 aliphatic carbocycles. The maximum atomic E-state index is 12.7. The van der Waals surface area contributed by atoms with E-state index in [1.54, 1.807) is 4.68 Å². The number of rotatable bonds is 6. The van der Waals surface area contributed by atoms with E-state index < -0.39 is 5.25 Å². The Morgan fingerprint density at radius 3 is 2.54 bits per heavy atom. The van der Waals surface area contributed by atoms with E-state index >= 15 is 0 Å². The summed E-state index contributed by atoms with van der Waals surface area (Å²) >= 11 is 1.25. The number of aryl methyl sites for hydroxylation is 2. The maximum Gasteiger partial charge on any atom is 0.271 e. The van der Waals surface area contributed by atoms with Crippen molar-refractivity contribution in [2.45, 2.75) is 50.9 Å². The van der Waals surface area contributed by atoms with Crippen LogP contribution >= 0.6 is 11.8 Å². The van der Waals surface area contributed by atoms with Gasteiger partial charge in [0.25, 0.3) is 5.95 Å². The largest absolute Gasteiger partial charge is 0.334 e. The fourth-order valence-electron chi connectivity index (χ4n) is 2.89. The third-order valence-electron chi connectivity index (χ3n) is 4.34. The molecule has 0 fully saturated rings. The number of carbonyl (C=O) groups is 1. The third kappa shape index (κ3) is 4.04. The van der Waals surface area contributed by atoms with Gasteiger partial charge in [0.1, 0.15) is 0 Å². The number of benzene rings is 1. The average Bonchev–Trinajstić information content (AvgIpc) is 3.16. The monoisotopic (exact) mass is 399 g/mol. The summed E-state index contributed by atoms with van der Waals surface area (Å²) in [5, 5.41) is 15.7. The van der Waals surface area contributed by atoms with E-state index in [4.69, 9.17) is 5.84 Å². The van der Waals surface area contributed by atoms with Crippen LogP contribution in [0.2, 0.25) is 0 Å². The number of anilines is 1. The molecule has 1 amide bonds. The predicted molar refractivity (Wildman–Crippen MR) is 111 cm³/mol. The van der Waals surface area contributed by atoms with Gasteiger partial charge < -0.3 is 11.2 Å². The molecule has 3 rings (SSSR count). The van der Waals surface area contributed by atoms with Gasteiger partial charge in [-0.3, -0.25) is 4.79 Å². The maximum absolute atomic E-state index is 12.7. The Labute approximate surface area is 168 Å². The Morgan fingerprint density at radius 1 is 1.18 bits per heavy atom. The molecule has 2 heterocycles. The lowest BCUT2D eigenvalue weighted by molar-refractivity contribution is -0.115. The number of nitrogens with zero attached hydrogens (tertiary/aromatic N) is 5. The van der Waals surface area contributed by atoms with E-state index in [0.717, 1.165) is 22.6 Å². The second-order valence-corrected chi connectivity index (χ2v) is 8.29. The van der Waals surface area contributed by atoms with E-state index in [2.05, 4.69) is 34.5 Å². The van der Waals surface area contributed by atoms with Crippen molar-refractivity contribution in [3.05, 3.63) is 47.3 Å². The van der Waals surface area contributed by atoms with Crippen molar-refractivity contribution < 1.29 is 4.79 Å². The van der Waals surface area contributed by atoms with Gasteiger partial charge in [0, 0.05) is 11.4 Å². The molecule has 1 atom stereocenters. The molecule has 0 spiro atoms. The highest BCUT2D eigenvalue weighted by Gasteiger charge is 2.22. The molecule has 2 aromatic heterocycles. The summed E-state index contributed by atoms with van der Waals surface area (Å²) in [5.74, 6) is 6.76. The van der Waals surface area contributed by atoms with Gasteiger partial charge in [-0.15, -0.1) is 10.2 Å². The van der Waals surface area contributed by atoms with Gasteiger partial charge in [-0.25, -0.2) is 9.36 Å². The molecular weight excluding hydrogens is 374 g/mol. The van der Waals surface area contributed by atoms with Crippen LogP contribution in [0.25, 0.3) is 5.95 Å². The average molecular weight is 400 g/mol. The molecule has 1 aromatic carbocycles. The summed E-state index contributed by atoms with van der Waals surface area (Å²) in [6, 6.07) is 9.76. The predicted octanol–water partition coefficient (Wildman–Crippen LogP) is 3.04. The molecule has 0 aliphatic rings. The van der Waals surface area contributed by atoms with Crippen LogP contribution in [-0.2, 0) is 4.79 Å². The molecular formula is C19H25N7OS. The van der Waals surface area contributed by atoms with E-state index in [9.17, 15) is 4.79 Å². The van der Waals surface area contributed by atoms with Gasteiger partial charge in [0.15, 0.2) is 0 Å². The molecule has 9 heteroatoms. The first-order valence-electron chi connectivity index (χ1n) is 9.08. The van der Waals surface area contributed by atoms with Crippen LogP contribution in [0.1, 0.15) is 43.6 Å². The summed E-state index contributed by atoms with van der Waals surface area (Å²) in [7, 11) is 0. The second-order valence-electron chi connectivity index (χ2n) is 6.98. The van der Waals surface area contributed by atoms with E-state index in [1.165, 1.54) is 16.4 Å². The number of nitrogens with two attached hydrogens (primary N) is 1. The zero-order chi connectivity index (χ0) is 20.4. The first-order valence-corrected chi connectivity index (χ1v) is 9.96. The highest BCUT2D eigenvalue weighted by atomic mass is 32.2. The summed E-state index contributed by atoms with van der Waals surface area (Å²) in [6.07, 6.45) is 0. The SMILES string of the molecule is Cc1cc(C)n(-c2nnc(S[C@@H](C)C(=O)Nc3ccccc3C(C)C)n2N)n1. The Kier molecular flexibility index (Phi) is 5.73. The number of nitrogens with one attached hydrogen (secondary N) is 1. The standard InChI is InChI=1S/C19H25N7OS/c1-11(2)15-8-6-7-9-16(15)21-17(27)14(5)28-19-23-22-18(25(19)20)26-13(4)10-12(3)24-26/h6-11,14H,20H2,1-5H3,(H,21,27)/t14-/m0/s1. The van der Waals surface area contributed by atoms with Crippen molar-refractivity contribution in [3.63, 3.8) is 0 Å². The lowest BCUT2D eigenvalue weighted by Crippen LogP contribution is -2.24. The van der Waals surface area contributed by atoms with Crippen molar-refractivity contribution in [1.82, 2.24) is 24.7 Å². The zero-order valence-electron chi connectivity index (χ0n) is 16.7. The van der Waals surface area contributed by atoms with E-state index in [0.29, 0.717) is 17.0 Å². The Hall–Kier alpha value is -2.81. The minimum Gasteiger partial charge on any atom is -0.334 e. The number of hydrogen-bond acceptors (Lipinski definition) is 6. The van der Waals surface area contributed by atoms with Gasteiger partial charge in [-0.1, -0.05) is 43.8 Å². The molecule has 0 unspecified atom stereocenters. The first-order chi connectivity index (χ1) is 13.3. The summed E-state index contributed by atoms with van der Waals surface area (Å²) in [5.41, 5.74) is 3.70. The second kappa shape index (κ2) is 8.05. The van der Waals surface area contributed by atoms with Crippen molar-refractivity contribution in [3.8, 4) is 5.95 Å². The lowest BCUT2D eigenvalue weighted by Gasteiger charge is -2.16. The number of para-hydroxylation sites is 1. The number of nitrogen functional groups attached to an aromatic ring is 1. The zero-order valence-corrected chi connectivity index (χ0v) is 17.5. The number of carbonyl (C=O) groups excluding carboxylic acids is 1. The number of hydrogen-bond donors (Lipinski definition) is 2. The number of thioether (sulfide) groups is 1. The molecule has 148 valence electrons. The van der Waals surface area contributed by atoms with E-state index in [-0.39, 0.29) is 5.91 Å². The van der Waals surface area contributed by atoms with Gasteiger partial charge in [-0.2, -0.15) is 5.10 Å². The molecule has 0 saturated carbocycles. The van der Waals surface area contributed by atoms with Crippen LogP contribution in [0.4, 0.5) is 5.69 Å². The summed E-state index contributed by atoms with van der Waals surface area (Å²) in [4.78, 5) is 12.7. The van der Waals surface area contributed by atoms with Crippen molar-refractivity contribution in [1.29, 1.82) is 0 Å². The Morgan fingerprint density at radius 2 is 1.89 bits per heavy atom. The lowest BCUT2D eigenvalue weighted by atomic mass is 10.0. The summed E-state index contributed by atoms with van der Waals surface area (Å²) < 4.78 is 2.99. The molecule has 3 N–H and O–H groups in total. The smallest absolute Gasteiger partial charge is 0.271 e. The minimum atomic E-state index is -0.403. The molecule has 0 aliphatic heterocycles. The number of amides is 1. The van der Waals surface area contributed by atoms with Crippen LogP contribution in [0, 0.1) is 13.8 Å². The van der Waals surface area contributed by atoms with Crippen LogP contribution in [0.15, 0.2) is 35.5 Å². The van der Waals surface area contributed by atoms with Crippen LogP contribution < -0.4 is 11.2 Å². The van der Waals surface area contributed by atoms with Crippen LogP contribution in [-0.4, -0.2) is 35.8 Å². The molecule has 0 radical (unpaired) electrons. The topological polar surface area (TPSA) is 104 Å². The third-order valence-corrected chi connectivity index (χ3v) is 5.39. The Balaban J connectivity index is 1.74. The first kappa shape index (κ1) is 19.9. The fraction of sp³-hybridized carbons (Fsp3) is 0.368. The van der Waals surface area contributed by atoms with E-state index in [1.807, 2.05) is 51.1 Å². The highest BCUT2D eigenvalue weighted by molar-refractivity contribution is 8.00. The fourth-order valence-corrected chi connectivity index (χ4v) is 3.65. The van der Waals surface area contributed by atoms with Gasteiger partial charge in [0.2, 0.25) is 11.1 Å². The van der Waals surface area contributed by atoms with Gasteiger partial charge in [-0.05, 0) is 44.4 Å². The quantitative estimate of drug-likeness (QED) is 0.488. The molecule has 0 bridgehead atoms. The van der Waals surface area contributed by atoms with Crippen molar-refractivity contribution in [2.24, 2.45) is 0 Å². The molecule has 8 nitrogen and oxygen atoms in total. The van der Waals surface area contributed by atoms with Crippen LogP contribution in [0.5, 0.6) is 0 Å². The highest BCUT2D eigenvalue weighted by Crippen LogP contribution is 2.26. The van der Waals surface area contributed by atoms with Crippen LogP contribution in [0.3, 0.4) is 0 Å². The molecule has 3 aromatic rings. The van der Waals surface area contributed by atoms with Gasteiger partial charge >= 0.3 is 0 Å².